The number of nitrogens with zero attached hydrogens (tertiary/aromatic N) is 9. The molecule has 9 aliphatic rings. The van der Waals surface area contributed by atoms with E-state index in [-0.39, 0.29) is 121 Å². The molecule has 2 amide bonds. The third-order valence-electron chi connectivity index (χ3n) is 24.3. The predicted octanol–water partition coefficient (Wildman–Crippen LogP) is 8.45. The molecule has 652 valence electrons. The van der Waals surface area contributed by atoms with Gasteiger partial charge >= 0.3 is 59.8 Å². The van der Waals surface area contributed by atoms with Crippen molar-refractivity contribution in [2.24, 2.45) is 46.4 Å². The standard InChI is InChI=1S/C43H69N5O10.C34H57N3O8.C5H6BrN.C4H9O.Na/c1-15-17-53-42(11)20-25(3)22-46-24-47-35(29(46)7)43(12,58-39(47)51)33(16-2)55-37(50)31(19-30-21-44-48(23-30)40(52)57-41(8,9)10)34(49)28(6)36(42)56-38-27(5)32(45(13)14)18-26(4)54-38;1-12-14-41-33(8)17-20(3)18-36-19-37-29(24(36)7)34(9,45-32(37)40)27(13-2)43-28(39)16-26(38)23(6)30(33)44-31-22(5)25(35(10)11)15-21(4)42-31;6-3-5-1-2-7-4-5;1-4(2,3)5;/h15,21,23,25-29,31-33,35-36,38H,1,16-20,22,24H2,2-14H3;12,20-25,27,29-31H,1,13-19H2,2-11H3;1,4H,2-3H2;1-3H3;/q;;;-1;+1/t25-,26?,27?,28+,29-,31-,32?,33-,35-,36?,38+,42-,43-;20-,21?,22?,23+,24-,25?,27-,29-,30?,31+,33-,34-;;;/m11.../s1. The number of ketones is 2. The van der Waals surface area contributed by atoms with Crippen LogP contribution < -0.4 is 34.7 Å². The van der Waals surface area contributed by atoms with Crippen LogP contribution in [-0.2, 0) is 77.7 Å². The fourth-order valence-electron chi connectivity index (χ4n) is 18.9. The van der Waals surface area contributed by atoms with Crippen molar-refractivity contribution in [3.05, 3.63) is 54.9 Å². The monoisotopic (exact) mass is 1710 g/mol. The second kappa shape index (κ2) is 42.0. The summed E-state index contributed by atoms with van der Waals surface area (Å²) in [5.74, 6) is -5.06. The minimum Gasteiger partial charge on any atom is -0.850 e. The van der Waals surface area contributed by atoms with Crippen LogP contribution in [-0.4, -0.2) is 286 Å². The van der Waals surface area contributed by atoms with Crippen LogP contribution in [0.4, 0.5) is 14.4 Å². The number of aromatic nitrogens is 2. The molecule has 10 heterocycles. The Kier molecular flexibility index (Phi) is 36.3. The van der Waals surface area contributed by atoms with Crippen LogP contribution in [0.1, 0.15) is 203 Å². The number of halogens is 1. The quantitative estimate of drug-likeness (QED) is 0.0353. The SMILES string of the molecule is BrCC1=CCN=C1.C=CCO[C@]1(C)C[C@@H](C)CN2CN3C(=O)O[C@](C)([C@@H](CC)OC(=O)CC(=O)[C@H](C)C1O[C@@H]1OC(C)CC(N(C)C)C1C)[C@H]3[C@H]2C.C=CCO[C@]1(C)C[C@@H](C)CN2CN3C(=O)O[C@](C)([C@@H](CC)OC(=O)[C@H](Cc4cnn(C(=O)OC(C)(C)C)c4)C(=O)[C@H](C)C1O[C@@H]1OC(C)CC(N(C)C)C1C)[C@H]3[C@H]2C.CC(C)(C)[O-].[Na+]. The fraction of sp³-hybridized carbons (Fsp3) is 0.802. The van der Waals surface area contributed by atoms with Gasteiger partial charge in [-0.15, -0.1) is 18.8 Å². The number of rotatable bonds is 17. The molecule has 116 heavy (non-hydrogen) atoms. The number of cyclic esters (lactones) is 2. The molecule has 1 aromatic heterocycles. The van der Waals surface area contributed by atoms with Crippen LogP contribution in [0.5, 0.6) is 0 Å². The van der Waals surface area contributed by atoms with Crippen molar-refractivity contribution in [1.82, 2.24) is 39.2 Å². The number of allylic oxidation sites excluding steroid dienone is 1. The van der Waals surface area contributed by atoms with E-state index < -0.39 is 137 Å². The van der Waals surface area contributed by atoms with Gasteiger partial charge in [0.25, 0.3) is 0 Å². The van der Waals surface area contributed by atoms with Gasteiger partial charge in [0, 0.05) is 78.7 Å². The molecular weight excluding hydrogens is 1570 g/mol. The number of amides is 2. The van der Waals surface area contributed by atoms with Crippen LogP contribution in [0.25, 0.3) is 0 Å². The molecule has 8 fully saturated rings. The molecule has 0 spiro atoms. The van der Waals surface area contributed by atoms with Crippen molar-refractivity contribution >= 4 is 63.9 Å². The Morgan fingerprint density at radius 3 is 1.52 bits per heavy atom. The normalized spacial score (nSPS) is 38.4. The van der Waals surface area contributed by atoms with E-state index in [1.54, 1.807) is 70.4 Å². The summed E-state index contributed by atoms with van der Waals surface area (Å²) in [6, 6.07) is -0.515. The summed E-state index contributed by atoms with van der Waals surface area (Å²) >= 11 is 3.32. The number of hydrogen-bond acceptors (Lipinski definition) is 25. The van der Waals surface area contributed by atoms with E-state index in [2.05, 4.69) is 120 Å². The van der Waals surface area contributed by atoms with Gasteiger partial charge in [0.1, 0.15) is 35.9 Å². The van der Waals surface area contributed by atoms with Crippen molar-refractivity contribution in [3.8, 4) is 0 Å². The molecule has 30 heteroatoms. The van der Waals surface area contributed by atoms with E-state index in [1.807, 2.05) is 82.6 Å². The number of fused-ring (bicyclic) bond motifs is 2. The van der Waals surface area contributed by atoms with E-state index in [9.17, 15) is 33.9 Å². The molecule has 0 aromatic carbocycles. The number of alkyl halides is 1. The van der Waals surface area contributed by atoms with Gasteiger partial charge in [-0.05, 0) is 172 Å². The summed E-state index contributed by atoms with van der Waals surface area (Å²) in [6.07, 6.45) is 7.06. The Morgan fingerprint density at radius 1 is 0.690 bits per heavy atom. The van der Waals surface area contributed by atoms with Gasteiger partial charge in [-0.1, -0.05) is 110 Å². The fourth-order valence-corrected chi connectivity index (χ4v) is 19.2. The van der Waals surface area contributed by atoms with Crippen molar-refractivity contribution in [2.75, 3.05) is 79.7 Å². The van der Waals surface area contributed by atoms with Gasteiger partial charge in [0.2, 0.25) is 0 Å². The summed E-state index contributed by atoms with van der Waals surface area (Å²) in [6.45, 7) is 53.1. The molecule has 28 nitrogen and oxygen atoms in total. The minimum absolute atomic E-state index is 0. The van der Waals surface area contributed by atoms with Crippen LogP contribution in [0, 0.1) is 41.4 Å². The number of carbonyl (C=O) groups is 7. The van der Waals surface area contributed by atoms with Gasteiger partial charge in [-0.2, -0.15) is 9.78 Å². The number of carbonyl (C=O) groups excluding carboxylic acids is 7. The van der Waals surface area contributed by atoms with E-state index in [1.165, 1.54) is 18.0 Å². The molecule has 10 unspecified atom stereocenters. The average molecular weight is 1710 g/mol. The molecule has 1 aromatic rings. The van der Waals surface area contributed by atoms with Crippen molar-refractivity contribution in [3.63, 3.8) is 0 Å². The van der Waals surface area contributed by atoms with Crippen LogP contribution in [0.15, 0.2) is 54.3 Å². The van der Waals surface area contributed by atoms with Gasteiger partial charge in [-0.25, -0.2) is 14.4 Å². The largest absolute Gasteiger partial charge is 1.00 e. The first-order valence-corrected chi connectivity index (χ1v) is 42.7. The van der Waals surface area contributed by atoms with Crippen molar-refractivity contribution in [2.45, 2.75) is 323 Å². The molecule has 9 aliphatic heterocycles. The summed E-state index contributed by atoms with van der Waals surface area (Å²) in [4.78, 5) is 113. The van der Waals surface area contributed by atoms with Gasteiger partial charge < -0.3 is 67.0 Å². The first kappa shape index (κ1) is 100. The molecule has 0 N–H and O–H groups in total. The van der Waals surface area contributed by atoms with Crippen LogP contribution in [0.2, 0.25) is 0 Å². The van der Waals surface area contributed by atoms with Crippen molar-refractivity contribution < 1.29 is 120 Å². The van der Waals surface area contributed by atoms with Crippen LogP contribution in [0.3, 0.4) is 0 Å². The Labute approximate surface area is 722 Å². The van der Waals surface area contributed by atoms with E-state index >= 15 is 4.79 Å². The molecule has 0 saturated carbocycles. The third-order valence-corrected chi connectivity index (χ3v) is 24.9. The molecule has 8 saturated heterocycles. The maximum atomic E-state index is 15.3. The summed E-state index contributed by atoms with van der Waals surface area (Å²) in [7, 11) is 8.21. The summed E-state index contributed by atoms with van der Waals surface area (Å²) in [5, 5.41) is 15.3. The summed E-state index contributed by atoms with van der Waals surface area (Å²) in [5.41, 5.74) is -4.02. The smallest absolute Gasteiger partial charge is 0.850 e. The Hall–Kier alpha value is -4.57. The molecule has 0 radical (unpaired) electrons. The maximum Gasteiger partial charge on any atom is 1.00 e. The number of hydrogen-bond donors (Lipinski definition) is 0. The first-order valence-electron chi connectivity index (χ1n) is 41.6. The average Bonchev–Trinajstić information content (AvgIpc) is 1.57. The molecule has 4 bridgehead atoms. The number of ether oxygens (including phenoxy) is 11. The molecule has 10 rings (SSSR count). The van der Waals surface area contributed by atoms with E-state index in [0.717, 1.165) is 29.4 Å². The molecule has 0 aliphatic carbocycles. The predicted molar refractivity (Wildman–Crippen MR) is 440 cm³/mol. The maximum absolute atomic E-state index is 15.3. The topological polar surface area (TPSA) is 294 Å². The second-order valence-electron chi connectivity index (χ2n) is 37.1. The molecule has 27 atom stereocenters. The van der Waals surface area contributed by atoms with Gasteiger partial charge in [0.15, 0.2) is 29.6 Å². The van der Waals surface area contributed by atoms with Crippen molar-refractivity contribution in [1.29, 1.82) is 0 Å². The second-order valence-corrected chi connectivity index (χ2v) is 37.6. The third kappa shape index (κ3) is 24.7. The van der Waals surface area contributed by atoms with Crippen LogP contribution >= 0.6 is 15.9 Å². The Balaban J connectivity index is 0.000000319. The summed E-state index contributed by atoms with van der Waals surface area (Å²) < 4.78 is 71.1. The zero-order valence-corrected chi connectivity index (χ0v) is 78.6. The van der Waals surface area contributed by atoms with E-state index in [0.29, 0.717) is 57.7 Å². The first-order chi connectivity index (χ1) is 53.5. The minimum atomic E-state index is -1.36. The van der Waals surface area contributed by atoms with E-state index in [4.69, 9.17) is 52.1 Å². The zero-order valence-electron chi connectivity index (χ0n) is 75.0. The number of aliphatic imine (C=N–C) groups is 1. The Morgan fingerprint density at radius 2 is 1.13 bits per heavy atom. The Bertz CT molecular complexity index is 3550. The zero-order chi connectivity index (χ0) is 86.1. The van der Waals surface area contributed by atoms with Gasteiger partial charge in [0.05, 0.1) is 87.0 Å². The number of esters is 2. The number of Topliss-reactive ketones (excluding diaryl/α,β-unsaturated/α-hetero) is 2. The molecular formula is C86H141BrN9NaO19. The van der Waals surface area contributed by atoms with Gasteiger partial charge in [-0.3, -0.25) is 43.8 Å².